The molecule has 84 valence electrons. The van der Waals surface area contributed by atoms with Gasteiger partial charge in [0.15, 0.2) is 0 Å². The normalized spacial score (nSPS) is 10.7. The lowest BCUT2D eigenvalue weighted by atomic mass is 10.2. The van der Waals surface area contributed by atoms with Crippen molar-refractivity contribution in [3.63, 3.8) is 0 Å². The highest BCUT2D eigenvalue weighted by atomic mass is 79.9. The number of rotatable bonds is 2. The second kappa shape index (κ2) is 4.25. The summed E-state index contributed by atoms with van der Waals surface area (Å²) in [5.41, 5.74) is 7.11. The van der Waals surface area contributed by atoms with Crippen LogP contribution in [0.15, 0.2) is 28.9 Å². The van der Waals surface area contributed by atoms with Crippen LogP contribution in [0.4, 0.5) is 10.2 Å². The zero-order valence-electron chi connectivity index (χ0n) is 8.74. The molecule has 2 N–H and O–H groups in total. The Labute approximate surface area is 101 Å². The lowest BCUT2D eigenvalue weighted by Gasteiger charge is -2.03. The van der Waals surface area contributed by atoms with Gasteiger partial charge in [0.2, 0.25) is 0 Å². The zero-order chi connectivity index (χ0) is 11.7. The highest BCUT2D eigenvalue weighted by molar-refractivity contribution is 9.10. The molecule has 1 aromatic carbocycles. The molecule has 0 saturated carbocycles. The summed E-state index contributed by atoms with van der Waals surface area (Å²) in [6.07, 6.45) is 1.80. The molecule has 0 unspecified atom stereocenters. The van der Waals surface area contributed by atoms with Crippen molar-refractivity contribution in [1.82, 2.24) is 9.78 Å². The molecule has 0 aliphatic rings. The predicted octanol–water partition coefficient (Wildman–Crippen LogP) is 2.72. The molecular weight excluding hydrogens is 273 g/mol. The first-order chi connectivity index (χ1) is 7.56. The minimum atomic E-state index is -0.249. The molecule has 16 heavy (non-hydrogen) atoms. The fraction of sp³-hybridized carbons (Fsp3) is 0.182. The molecule has 0 radical (unpaired) electrons. The Balaban J connectivity index is 2.27. The zero-order valence-corrected chi connectivity index (χ0v) is 10.3. The molecular formula is C11H11BrFN3. The number of nitrogens with zero attached hydrogens (tertiary/aromatic N) is 2. The van der Waals surface area contributed by atoms with Crippen molar-refractivity contribution in [2.24, 2.45) is 0 Å². The van der Waals surface area contributed by atoms with Crippen LogP contribution in [-0.4, -0.2) is 9.78 Å². The van der Waals surface area contributed by atoms with Crippen LogP contribution in [0.1, 0.15) is 11.1 Å². The molecule has 0 atom stereocenters. The summed E-state index contributed by atoms with van der Waals surface area (Å²) in [4.78, 5) is 0. The lowest BCUT2D eigenvalue weighted by molar-refractivity contribution is 0.585. The van der Waals surface area contributed by atoms with Crippen molar-refractivity contribution in [2.45, 2.75) is 13.5 Å². The number of halogens is 2. The Hall–Kier alpha value is -1.36. The molecule has 1 heterocycles. The van der Waals surface area contributed by atoms with Gasteiger partial charge in [-0.15, -0.1) is 0 Å². The van der Waals surface area contributed by atoms with Crippen LogP contribution in [0, 0.1) is 12.7 Å². The van der Waals surface area contributed by atoms with E-state index >= 15 is 0 Å². The summed E-state index contributed by atoms with van der Waals surface area (Å²) in [7, 11) is 0. The largest absolute Gasteiger partial charge is 0.382 e. The highest BCUT2D eigenvalue weighted by Gasteiger charge is 2.06. The maximum Gasteiger partial charge on any atom is 0.148 e. The van der Waals surface area contributed by atoms with E-state index in [2.05, 4.69) is 21.0 Å². The second-order valence-electron chi connectivity index (χ2n) is 3.63. The molecule has 2 aromatic rings. The van der Waals surface area contributed by atoms with E-state index in [1.165, 1.54) is 6.07 Å². The minimum absolute atomic E-state index is 0.249. The Bertz CT molecular complexity index is 502. The summed E-state index contributed by atoms with van der Waals surface area (Å²) in [5, 5.41) is 4.09. The standard InChI is InChI=1S/C11H11BrFN3/c1-7-5-16(15-11(7)14)6-8-2-3-9(12)4-10(8)13/h2-5H,6H2,1H3,(H2,14,15). The van der Waals surface area contributed by atoms with Gasteiger partial charge >= 0.3 is 0 Å². The van der Waals surface area contributed by atoms with E-state index in [4.69, 9.17) is 5.73 Å². The van der Waals surface area contributed by atoms with Gasteiger partial charge in [-0.05, 0) is 19.1 Å². The van der Waals surface area contributed by atoms with Crippen LogP contribution in [0.3, 0.4) is 0 Å². The van der Waals surface area contributed by atoms with Gasteiger partial charge in [0.05, 0.1) is 6.54 Å². The molecule has 0 amide bonds. The van der Waals surface area contributed by atoms with Crippen molar-refractivity contribution in [1.29, 1.82) is 0 Å². The lowest BCUT2D eigenvalue weighted by Crippen LogP contribution is -2.03. The quantitative estimate of drug-likeness (QED) is 0.921. The topological polar surface area (TPSA) is 43.8 Å². The van der Waals surface area contributed by atoms with Crippen LogP contribution in [0.25, 0.3) is 0 Å². The van der Waals surface area contributed by atoms with E-state index in [1.807, 2.05) is 6.92 Å². The summed E-state index contributed by atoms with van der Waals surface area (Å²) in [5.74, 6) is 0.235. The number of benzene rings is 1. The van der Waals surface area contributed by atoms with Crippen LogP contribution in [0.2, 0.25) is 0 Å². The first kappa shape index (κ1) is 11.1. The SMILES string of the molecule is Cc1cn(Cc2ccc(Br)cc2F)nc1N. The van der Waals surface area contributed by atoms with Crippen molar-refractivity contribution >= 4 is 21.7 Å². The number of nitrogens with two attached hydrogens (primary N) is 1. The van der Waals surface area contributed by atoms with Gasteiger partial charge in [-0.1, -0.05) is 22.0 Å². The van der Waals surface area contributed by atoms with Crippen molar-refractivity contribution in [3.8, 4) is 0 Å². The summed E-state index contributed by atoms with van der Waals surface area (Å²) < 4.78 is 15.9. The van der Waals surface area contributed by atoms with E-state index in [0.29, 0.717) is 17.9 Å². The van der Waals surface area contributed by atoms with E-state index in [-0.39, 0.29) is 5.82 Å². The molecule has 0 spiro atoms. The van der Waals surface area contributed by atoms with Crippen LogP contribution in [0.5, 0.6) is 0 Å². The smallest absolute Gasteiger partial charge is 0.148 e. The number of nitrogen functional groups attached to an aromatic ring is 1. The summed E-state index contributed by atoms with van der Waals surface area (Å²) in [6, 6.07) is 4.97. The van der Waals surface area contributed by atoms with Gasteiger partial charge in [-0.3, -0.25) is 4.68 Å². The monoisotopic (exact) mass is 283 g/mol. The van der Waals surface area contributed by atoms with Crippen molar-refractivity contribution in [3.05, 3.63) is 45.8 Å². The van der Waals surface area contributed by atoms with Crippen LogP contribution < -0.4 is 5.73 Å². The Morgan fingerprint density at radius 2 is 2.25 bits per heavy atom. The molecule has 2 rings (SSSR count). The fourth-order valence-electron chi connectivity index (χ4n) is 1.44. The molecule has 0 bridgehead atoms. The number of hydrogen-bond acceptors (Lipinski definition) is 2. The first-order valence-corrected chi connectivity index (χ1v) is 5.59. The molecule has 0 fully saturated rings. The van der Waals surface area contributed by atoms with Gasteiger partial charge in [0, 0.05) is 21.8 Å². The Morgan fingerprint density at radius 1 is 1.50 bits per heavy atom. The molecule has 0 saturated heterocycles. The maximum atomic E-state index is 13.5. The third kappa shape index (κ3) is 2.24. The van der Waals surface area contributed by atoms with Gasteiger partial charge in [0.25, 0.3) is 0 Å². The third-order valence-electron chi connectivity index (χ3n) is 2.33. The number of hydrogen-bond donors (Lipinski definition) is 1. The fourth-order valence-corrected chi connectivity index (χ4v) is 1.77. The summed E-state index contributed by atoms with van der Waals surface area (Å²) >= 11 is 3.22. The van der Waals surface area contributed by atoms with Crippen molar-refractivity contribution < 1.29 is 4.39 Å². The third-order valence-corrected chi connectivity index (χ3v) is 2.82. The van der Waals surface area contributed by atoms with Crippen molar-refractivity contribution in [2.75, 3.05) is 5.73 Å². The van der Waals surface area contributed by atoms with E-state index in [0.717, 1.165) is 10.0 Å². The van der Waals surface area contributed by atoms with Gasteiger partial charge in [-0.2, -0.15) is 5.10 Å². The number of anilines is 1. The van der Waals surface area contributed by atoms with E-state index < -0.39 is 0 Å². The van der Waals surface area contributed by atoms with Crippen LogP contribution >= 0.6 is 15.9 Å². The van der Waals surface area contributed by atoms with E-state index in [1.54, 1.807) is 23.0 Å². The first-order valence-electron chi connectivity index (χ1n) is 4.79. The van der Waals surface area contributed by atoms with Gasteiger partial charge in [0.1, 0.15) is 11.6 Å². The molecule has 0 aliphatic carbocycles. The Kier molecular flexibility index (Phi) is 2.96. The minimum Gasteiger partial charge on any atom is -0.382 e. The number of aromatic nitrogens is 2. The van der Waals surface area contributed by atoms with Crippen LogP contribution in [-0.2, 0) is 6.54 Å². The van der Waals surface area contributed by atoms with E-state index in [9.17, 15) is 4.39 Å². The molecule has 3 nitrogen and oxygen atoms in total. The molecule has 0 aliphatic heterocycles. The number of aryl methyl sites for hydroxylation is 1. The second-order valence-corrected chi connectivity index (χ2v) is 4.55. The predicted molar refractivity (Wildman–Crippen MR) is 64.6 cm³/mol. The molecule has 5 heteroatoms. The highest BCUT2D eigenvalue weighted by Crippen LogP contribution is 2.17. The molecule has 1 aromatic heterocycles. The maximum absolute atomic E-state index is 13.5. The van der Waals surface area contributed by atoms with Gasteiger partial charge < -0.3 is 5.73 Å². The average molecular weight is 284 g/mol. The van der Waals surface area contributed by atoms with Gasteiger partial charge in [-0.25, -0.2) is 4.39 Å². The Morgan fingerprint density at radius 3 is 2.81 bits per heavy atom. The average Bonchev–Trinajstić information content (AvgIpc) is 2.51. The summed E-state index contributed by atoms with van der Waals surface area (Å²) in [6.45, 7) is 2.26.